The highest BCUT2D eigenvalue weighted by Crippen LogP contribution is 2.18. The first-order chi connectivity index (χ1) is 9.63. The molecule has 1 aliphatic rings. The largest absolute Gasteiger partial charge is 0.467 e. The molecule has 0 spiro atoms. The van der Waals surface area contributed by atoms with Gasteiger partial charge < -0.3 is 14.5 Å². The van der Waals surface area contributed by atoms with Gasteiger partial charge >= 0.3 is 0 Å². The molecular formula is C14H24N2O4. The van der Waals surface area contributed by atoms with Gasteiger partial charge in [-0.1, -0.05) is 6.92 Å². The van der Waals surface area contributed by atoms with Crippen molar-refractivity contribution in [1.29, 1.82) is 0 Å². The van der Waals surface area contributed by atoms with Gasteiger partial charge in [0.05, 0.1) is 12.5 Å². The van der Waals surface area contributed by atoms with Gasteiger partial charge in [-0.15, -0.1) is 0 Å². The molecule has 0 aliphatic carbocycles. The lowest BCUT2D eigenvalue weighted by Crippen LogP contribution is -2.48. The second-order valence-electron chi connectivity index (χ2n) is 5.00. The molecule has 0 saturated carbocycles. The lowest BCUT2D eigenvalue weighted by molar-refractivity contribution is -0.148. The highest BCUT2D eigenvalue weighted by molar-refractivity contribution is 5.86. The van der Waals surface area contributed by atoms with Crippen LogP contribution in [-0.2, 0) is 19.1 Å². The van der Waals surface area contributed by atoms with Crippen molar-refractivity contribution in [2.24, 2.45) is 5.92 Å². The van der Waals surface area contributed by atoms with E-state index in [0.29, 0.717) is 26.0 Å². The second-order valence-corrected chi connectivity index (χ2v) is 5.00. The number of rotatable bonds is 8. The molecule has 0 unspecified atom stereocenters. The van der Waals surface area contributed by atoms with Gasteiger partial charge in [-0.05, 0) is 26.2 Å². The molecule has 0 aromatic heterocycles. The average Bonchev–Trinajstić information content (AvgIpc) is 2.45. The standard InChI is InChI=1S/C14H24N2O4/c1-3-7-15(4-2)13(18)9-16-8-5-6-12(14(16)19)10-20-11-17/h11-12H,3-10H2,1-2H3/t12-/m1/s1. The third kappa shape index (κ3) is 4.51. The van der Waals surface area contributed by atoms with Crippen molar-refractivity contribution in [2.45, 2.75) is 33.1 Å². The topological polar surface area (TPSA) is 66.9 Å². The van der Waals surface area contributed by atoms with E-state index >= 15 is 0 Å². The summed E-state index contributed by atoms with van der Waals surface area (Å²) in [7, 11) is 0. The fourth-order valence-electron chi connectivity index (χ4n) is 2.48. The first-order valence-electron chi connectivity index (χ1n) is 7.25. The Labute approximate surface area is 120 Å². The molecule has 20 heavy (non-hydrogen) atoms. The number of nitrogens with zero attached hydrogens (tertiary/aromatic N) is 2. The Morgan fingerprint density at radius 2 is 2.25 bits per heavy atom. The zero-order valence-corrected chi connectivity index (χ0v) is 12.3. The molecular weight excluding hydrogens is 260 g/mol. The van der Waals surface area contributed by atoms with E-state index in [1.807, 2.05) is 13.8 Å². The number of carbonyl (C=O) groups is 3. The van der Waals surface area contributed by atoms with Gasteiger partial charge in [0.1, 0.15) is 6.61 Å². The van der Waals surface area contributed by atoms with Crippen LogP contribution < -0.4 is 0 Å². The second kappa shape index (κ2) is 8.55. The number of amides is 2. The minimum absolute atomic E-state index is 0.0142. The van der Waals surface area contributed by atoms with Crippen molar-refractivity contribution in [1.82, 2.24) is 9.80 Å². The number of likely N-dealkylation sites (N-methyl/N-ethyl adjacent to an activating group) is 1. The summed E-state index contributed by atoms with van der Waals surface area (Å²) in [6, 6.07) is 0. The molecule has 2 amide bonds. The maximum absolute atomic E-state index is 12.2. The first-order valence-corrected chi connectivity index (χ1v) is 7.25. The van der Waals surface area contributed by atoms with Gasteiger partial charge in [0, 0.05) is 19.6 Å². The van der Waals surface area contributed by atoms with Crippen LogP contribution in [-0.4, -0.2) is 60.9 Å². The predicted octanol–water partition coefficient (Wildman–Crippen LogP) is 0.656. The summed E-state index contributed by atoms with van der Waals surface area (Å²) in [6.45, 7) is 6.54. The molecule has 0 aromatic carbocycles. The van der Waals surface area contributed by atoms with Crippen LogP contribution in [0.1, 0.15) is 33.1 Å². The third-order valence-corrected chi connectivity index (χ3v) is 3.56. The Morgan fingerprint density at radius 1 is 1.50 bits per heavy atom. The molecule has 0 radical (unpaired) electrons. The van der Waals surface area contributed by atoms with E-state index in [2.05, 4.69) is 4.74 Å². The maximum Gasteiger partial charge on any atom is 0.293 e. The highest BCUT2D eigenvalue weighted by atomic mass is 16.5. The van der Waals surface area contributed by atoms with Gasteiger partial charge in [0.15, 0.2) is 0 Å². The van der Waals surface area contributed by atoms with Crippen molar-refractivity contribution in [3.63, 3.8) is 0 Å². The summed E-state index contributed by atoms with van der Waals surface area (Å²) < 4.78 is 4.68. The van der Waals surface area contributed by atoms with Crippen LogP contribution in [0.5, 0.6) is 0 Å². The molecule has 6 nitrogen and oxygen atoms in total. The van der Waals surface area contributed by atoms with Crippen LogP contribution in [0.2, 0.25) is 0 Å². The van der Waals surface area contributed by atoms with Crippen molar-refractivity contribution in [3.8, 4) is 0 Å². The Bertz CT molecular complexity index is 346. The van der Waals surface area contributed by atoms with E-state index in [1.54, 1.807) is 9.80 Å². The molecule has 0 aromatic rings. The molecule has 1 atom stereocenters. The number of ether oxygens (including phenoxy) is 1. The van der Waals surface area contributed by atoms with E-state index in [4.69, 9.17) is 0 Å². The van der Waals surface area contributed by atoms with E-state index in [0.717, 1.165) is 19.4 Å². The van der Waals surface area contributed by atoms with Crippen molar-refractivity contribution in [2.75, 3.05) is 32.8 Å². The maximum atomic E-state index is 12.2. The monoisotopic (exact) mass is 284 g/mol. The average molecular weight is 284 g/mol. The first kappa shape index (κ1) is 16.5. The predicted molar refractivity (Wildman–Crippen MR) is 73.9 cm³/mol. The third-order valence-electron chi connectivity index (χ3n) is 3.56. The Morgan fingerprint density at radius 3 is 2.85 bits per heavy atom. The van der Waals surface area contributed by atoms with Crippen LogP contribution in [0.25, 0.3) is 0 Å². The lowest BCUT2D eigenvalue weighted by Gasteiger charge is -2.33. The fourth-order valence-corrected chi connectivity index (χ4v) is 2.48. The van der Waals surface area contributed by atoms with E-state index in [-0.39, 0.29) is 30.9 Å². The summed E-state index contributed by atoms with van der Waals surface area (Å²) in [4.78, 5) is 37.9. The zero-order valence-electron chi connectivity index (χ0n) is 12.3. The summed E-state index contributed by atoms with van der Waals surface area (Å²) in [6.07, 6.45) is 2.46. The summed E-state index contributed by atoms with van der Waals surface area (Å²) in [5.74, 6) is -0.401. The lowest BCUT2D eigenvalue weighted by atomic mass is 9.98. The zero-order chi connectivity index (χ0) is 15.0. The smallest absolute Gasteiger partial charge is 0.293 e. The number of carbonyl (C=O) groups excluding carboxylic acids is 3. The summed E-state index contributed by atoms with van der Waals surface area (Å²) in [5, 5.41) is 0. The fraction of sp³-hybridized carbons (Fsp3) is 0.786. The normalized spacial score (nSPS) is 18.8. The minimum Gasteiger partial charge on any atom is -0.467 e. The molecule has 0 N–H and O–H groups in total. The molecule has 1 aliphatic heterocycles. The summed E-state index contributed by atoms with van der Waals surface area (Å²) >= 11 is 0. The van der Waals surface area contributed by atoms with Crippen molar-refractivity contribution in [3.05, 3.63) is 0 Å². The van der Waals surface area contributed by atoms with Crippen molar-refractivity contribution < 1.29 is 19.1 Å². The SMILES string of the molecule is CCCN(CC)C(=O)CN1CCC[C@H](COC=O)C1=O. The van der Waals surface area contributed by atoms with Crippen LogP contribution >= 0.6 is 0 Å². The van der Waals surface area contributed by atoms with E-state index < -0.39 is 0 Å². The van der Waals surface area contributed by atoms with Gasteiger partial charge in [-0.2, -0.15) is 0 Å². The molecule has 114 valence electrons. The van der Waals surface area contributed by atoms with E-state index in [9.17, 15) is 14.4 Å². The van der Waals surface area contributed by atoms with E-state index in [1.165, 1.54) is 0 Å². The Hall–Kier alpha value is -1.59. The quantitative estimate of drug-likeness (QED) is 0.614. The van der Waals surface area contributed by atoms with Gasteiger partial charge in [-0.3, -0.25) is 14.4 Å². The van der Waals surface area contributed by atoms with Crippen LogP contribution in [0, 0.1) is 5.92 Å². The number of piperidine rings is 1. The number of hydrogen-bond donors (Lipinski definition) is 0. The minimum atomic E-state index is -0.303. The van der Waals surface area contributed by atoms with Gasteiger partial charge in [0.25, 0.3) is 6.47 Å². The van der Waals surface area contributed by atoms with Crippen LogP contribution in [0.4, 0.5) is 0 Å². The Kier molecular flexibility index (Phi) is 7.04. The summed E-state index contributed by atoms with van der Waals surface area (Å²) in [5.41, 5.74) is 0. The Balaban J connectivity index is 2.55. The van der Waals surface area contributed by atoms with Crippen LogP contribution in [0.3, 0.4) is 0 Å². The molecule has 6 heteroatoms. The number of likely N-dealkylation sites (tertiary alicyclic amines) is 1. The number of hydrogen-bond acceptors (Lipinski definition) is 4. The van der Waals surface area contributed by atoms with Gasteiger partial charge in [0.2, 0.25) is 11.8 Å². The molecule has 1 heterocycles. The van der Waals surface area contributed by atoms with Crippen molar-refractivity contribution >= 4 is 18.3 Å². The molecule has 0 bridgehead atoms. The molecule has 1 rings (SSSR count). The highest BCUT2D eigenvalue weighted by Gasteiger charge is 2.30. The molecule has 1 saturated heterocycles. The molecule has 1 fully saturated rings. The van der Waals surface area contributed by atoms with Crippen LogP contribution in [0.15, 0.2) is 0 Å². The van der Waals surface area contributed by atoms with Gasteiger partial charge in [-0.25, -0.2) is 0 Å².